The predicted octanol–water partition coefficient (Wildman–Crippen LogP) is 2.98. The van der Waals surface area contributed by atoms with Gasteiger partial charge in [-0.2, -0.15) is 5.10 Å². The first-order chi connectivity index (χ1) is 13.1. The van der Waals surface area contributed by atoms with Crippen LogP contribution in [0.25, 0.3) is 17.1 Å². The monoisotopic (exact) mass is 446 g/mol. The van der Waals surface area contributed by atoms with E-state index < -0.39 is 0 Å². The van der Waals surface area contributed by atoms with Crippen molar-refractivity contribution in [3.05, 3.63) is 45.7 Å². The highest BCUT2D eigenvalue weighted by molar-refractivity contribution is 9.10. The molecular formula is C18H16BrClN6O. The molecule has 3 heterocycles. The number of amides is 1. The second kappa shape index (κ2) is 6.45. The van der Waals surface area contributed by atoms with Gasteiger partial charge in [0.1, 0.15) is 6.33 Å². The molecule has 2 aliphatic rings. The predicted molar refractivity (Wildman–Crippen MR) is 104 cm³/mol. The second-order valence-electron chi connectivity index (χ2n) is 6.95. The van der Waals surface area contributed by atoms with Gasteiger partial charge in [0.15, 0.2) is 16.8 Å². The molecule has 27 heavy (non-hydrogen) atoms. The van der Waals surface area contributed by atoms with Crippen molar-refractivity contribution in [2.45, 2.75) is 25.8 Å². The normalized spacial score (nSPS) is 14.9. The summed E-state index contributed by atoms with van der Waals surface area (Å²) in [5, 5.41) is 7.98. The molecule has 9 heteroatoms. The summed E-state index contributed by atoms with van der Waals surface area (Å²) in [5.41, 5.74) is 2.69. The van der Waals surface area contributed by atoms with Crippen LogP contribution in [0.2, 0.25) is 5.15 Å². The maximum absolute atomic E-state index is 12.2. The van der Waals surface area contributed by atoms with E-state index in [0.29, 0.717) is 23.4 Å². The van der Waals surface area contributed by atoms with Gasteiger partial charge in [-0.1, -0.05) is 27.5 Å². The van der Waals surface area contributed by atoms with E-state index in [1.165, 1.54) is 12.8 Å². The third-order valence-corrected chi connectivity index (χ3v) is 5.70. The quantitative estimate of drug-likeness (QED) is 0.522. The molecule has 1 saturated carbocycles. The summed E-state index contributed by atoms with van der Waals surface area (Å²) in [4.78, 5) is 21.1. The number of nitrogens with one attached hydrogen (secondary N) is 1. The number of carbonyl (C=O) groups excluding carboxylic acids is 1. The Kier molecular flexibility index (Phi) is 4.05. The molecule has 1 aliphatic carbocycles. The molecule has 1 N–H and O–H groups in total. The van der Waals surface area contributed by atoms with Gasteiger partial charge in [-0.05, 0) is 37.0 Å². The summed E-state index contributed by atoms with van der Waals surface area (Å²) in [6, 6.07) is 5.96. The second-order valence-corrected chi connectivity index (χ2v) is 8.22. The number of carbonyl (C=O) groups is 1. The molecule has 3 aromatic rings. The molecule has 5 rings (SSSR count). The highest BCUT2D eigenvalue weighted by Crippen LogP contribution is 2.34. The highest BCUT2D eigenvalue weighted by atomic mass is 79.9. The van der Waals surface area contributed by atoms with Gasteiger partial charge in [0, 0.05) is 16.6 Å². The minimum absolute atomic E-state index is 0.0415. The van der Waals surface area contributed by atoms with Gasteiger partial charge in [-0.15, -0.1) is 0 Å². The highest BCUT2D eigenvalue weighted by Gasteiger charge is 2.26. The van der Waals surface area contributed by atoms with Crippen LogP contribution in [0.4, 0.5) is 0 Å². The van der Waals surface area contributed by atoms with Gasteiger partial charge in [0.2, 0.25) is 5.91 Å². The Morgan fingerprint density at radius 3 is 3.04 bits per heavy atom. The lowest BCUT2D eigenvalue weighted by atomic mass is 10.1. The summed E-state index contributed by atoms with van der Waals surface area (Å²) < 4.78 is 4.69. The van der Waals surface area contributed by atoms with Gasteiger partial charge in [0.05, 0.1) is 24.3 Å². The van der Waals surface area contributed by atoms with Crippen molar-refractivity contribution in [3.8, 4) is 17.1 Å². The lowest BCUT2D eigenvalue weighted by molar-refractivity contribution is -0.120. The molecule has 1 aliphatic heterocycles. The Bertz CT molecular complexity index is 1050. The fourth-order valence-corrected chi connectivity index (χ4v) is 3.86. The van der Waals surface area contributed by atoms with Crippen LogP contribution in [0, 0.1) is 5.92 Å². The van der Waals surface area contributed by atoms with Gasteiger partial charge in [0.25, 0.3) is 0 Å². The van der Waals surface area contributed by atoms with Crippen LogP contribution in [-0.4, -0.2) is 36.8 Å². The Morgan fingerprint density at radius 2 is 2.22 bits per heavy atom. The summed E-state index contributed by atoms with van der Waals surface area (Å²) >= 11 is 9.82. The maximum Gasteiger partial charge on any atom is 0.227 e. The van der Waals surface area contributed by atoms with Crippen molar-refractivity contribution in [3.63, 3.8) is 0 Å². The summed E-state index contributed by atoms with van der Waals surface area (Å²) in [6.45, 7) is 1.19. The first-order valence-corrected chi connectivity index (χ1v) is 9.98. The molecular weight excluding hydrogens is 432 g/mol. The molecule has 1 amide bonds. The number of fused-ring (bicyclic) bond motifs is 5. The third kappa shape index (κ3) is 3.17. The summed E-state index contributed by atoms with van der Waals surface area (Å²) in [6.07, 6.45) is 4.29. The smallest absolute Gasteiger partial charge is 0.227 e. The minimum atomic E-state index is -0.0415. The minimum Gasteiger partial charge on any atom is -0.355 e. The number of rotatable bonds is 4. The average Bonchev–Trinajstić information content (AvgIpc) is 3.32. The molecule has 0 unspecified atom stereocenters. The molecule has 0 atom stereocenters. The van der Waals surface area contributed by atoms with Crippen LogP contribution in [0.1, 0.15) is 24.4 Å². The van der Waals surface area contributed by atoms with Crippen LogP contribution in [0.3, 0.4) is 0 Å². The van der Waals surface area contributed by atoms with E-state index in [1.54, 1.807) is 11.0 Å². The van der Waals surface area contributed by atoms with Crippen molar-refractivity contribution >= 4 is 33.4 Å². The van der Waals surface area contributed by atoms with Crippen molar-refractivity contribution in [1.82, 2.24) is 29.6 Å². The number of hydrogen-bond acceptors (Lipinski definition) is 4. The fourth-order valence-electron chi connectivity index (χ4n) is 3.30. The van der Waals surface area contributed by atoms with Crippen molar-refractivity contribution in [2.24, 2.45) is 5.92 Å². The van der Waals surface area contributed by atoms with Crippen LogP contribution < -0.4 is 5.32 Å². The van der Waals surface area contributed by atoms with Crippen LogP contribution in [-0.2, 0) is 17.8 Å². The van der Waals surface area contributed by atoms with Crippen molar-refractivity contribution < 1.29 is 4.79 Å². The van der Waals surface area contributed by atoms with Crippen molar-refractivity contribution in [1.29, 1.82) is 0 Å². The third-order valence-electron chi connectivity index (χ3n) is 4.89. The number of nitrogens with zero attached hydrogens (tertiary/aromatic N) is 5. The number of hydrogen-bond donors (Lipinski definition) is 1. The zero-order chi connectivity index (χ0) is 18.5. The van der Waals surface area contributed by atoms with Crippen LogP contribution in [0.5, 0.6) is 0 Å². The van der Waals surface area contributed by atoms with Gasteiger partial charge in [-0.25, -0.2) is 14.6 Å². The fraction of sp³-hybridized carbons (Fsp3) is 0.333. The van der Waals surface area contributed by atoms with E-state index in [4.69, 9.17) is 11.6 Å². The topological polar surface area (TPSA) is 77.6 Å². The first kappa shape index (κ1) is 16.9. The molecule has 1 fully saturated rings. The molecule has 0 spiro atoms. The van der Waals surface area contributed by atoms with E-state index in [9.17, 15) is 4.79 Å². The zero-order valence-electron chi connectivity index (χ0n) is 14.3. The van der Waals surface area contributed by atoms with E-state index in [1.807, 2.05) is 22.8 Å². The number of benzene rings is 1. The molecule has 0 bridgehead atoms. The van der Waals surface area contributed by atoms with Crippen LogP contribution in [0.15, 0.2) is 29.0 Å². The lowest BCUT2D eigenvalue weighted by Crippen LogP contribution is -2.27. The Hall–Kier alpha value is -2.19. The Balaban J connectivity index is 1.52. The van der Waals surface area contributed by atoms with Gasteiger partial charge in [-0.3, -0.25) is 9.36 Å². The largest absolute Gasteiger partial charge is 0.355 e. The van der Waals surface area contributed by atoms with Gasteiger partial charge >= 0.3 is 0 Å². The van der Waals surface area contributed by atoms with Crippen molar-refractivity contribution in [2.75, 3.05) is 6.54 Å². The van der Waals surface area contributed by atoms with E-state index in [-0.39, 0.29) is 12.3 Å². The number of imidazole rings is 1. The standard InChI is InChI=1S/C18H16BrClN6O/c19-11-3-4-13-12(5-11)18-23-15(6-16(27)21-7-10-1-2-10)24-26(18)8-14-17(20)22-9-25(13)14/h3-5,9-10H,1-2,6-8H2,(H,21,27). The SMILES string of the molecule is O=C(Cc1nc2n(n1)Cc1c(Cl)ncn1-c1ccc(Br)cc1-2)NCC1CC1. The maximum atomic E-state index is 12.2. The zero-order valence-corrected chi connectivity index (χ0v) is 16.7. The molecule has 1 aromatic carbocycles. The molecule has 0 saturated heterocycles. The number of halogens is 2. The first-order valence-electron chi connectivity index (χ1n) is 8.81. The Morgan fingerprint density at radius 1 is 1.37 bits per heavy atom. The summed E-state index contributed by atoms with van der Waals surface area (Å²) in [7, 11) is 0. The van der Waals surface area contributed by atoms with E-state index >= 15 is 0 Å². The molecule has 0 radical (unpaired) electrons. The lowest BCUT2D eigenvalue weighted by Gasteiger charge is -2.08. The average molecular weight is 448 g/mol. The van der Waals surface area contributed by atoms with E-state index in [2.05, 4.69) is 36.3 Å². The molecule has 2 aromatic heterocycles. The Labute approximate surface area is 168 Å². The van der Waals surface area contributed by atoms with Gasteiger partial charge < -0.3 is 5.32 Å². The molecule has 138 valence electrons. The summed E-state index contributed by atoms with van der Waals surface area (Å²) in [5.74, 6) is 1.83. The van der Waals surface area contributed by atoms with Crippen LogP contribution >= 0.6 is 27.5 Å². The van der Waals surface area contributed by atoms with E-state index in [0.717, 1.165) is 33.8 Å². The number of aromatic nitrogens is 5. The molecule has 7 nitrogen and oxygen atoms in total.